The summed E-state index contributed by atoms with van der Waals surface area (Å²) in [5, 5.41) is 2.73. The topological polar surface area (TPSA) is 68.3 Å². The van der Waals surface area contributed by atoms with Gasteiger partial charge in [0.2, 0.25) is 0 Å². The molecule has 6 heteroatoms. The molecule has 0 fully saturated rings. The van der Waals surface area contributed by atoms with E-state index < -0.39 is 5.97 Å². The predicted octanol–water partition coefficient (Wildman–Crippen LogP) is 2.29. The number of thioether (sulfide) groups is 1. The van der Waals surface area contributed by atoms with Crippen molar-refractivity contribution in [2.45, 2.75) is 5.75 Å². The first-order chi connectivity index (χ1) is 11.3. The van der Waals surface area contributed by atoms with Crippen molar-refractivity contribution in [2.75, 3.05) is 18.9 Å². The number of benzene rings is 1. The molecule has 1 aromatic carbocycles. The molecular weight excluding hydrogens is 312 g/mol. The van der Waals surface area contributed by atoms with Gasteiger partial charge in [0.1, 0.15) is 0 Å². The highest BCUT2D eigenvalue weighted by atomic mass is 32.2. The Kier molecular flexibility index (Phi) is 7.13. The van der Waals surface area contributed by atoms with Crippen molar-refractivity contribution in [3.63, 3.8) is 0 Å². The van der Waals surface area contributed by atoms with Crippen LogP contribution < -0.4 is 5.32 Å². The highest BCUT2D eigenvalue weighted by molar-refractivity contribution is 7.98. The predicted molar refractivity (Wildman–Crippen MR) is 90.1 cm³/mol. The lowest BCUT2D eigenvalue weighted by atomic mass is 10.2. The number of nitrogens with zero attached hydrogens (tertiary/aromatic N) is 1. The van der Waals surface area contributed by atoms with Crippen molar-refractivity contribution < 1.29 is 14.3 Å². The quantitative estimate of drug-likeness (QED) is 0.594. The molecule has 0 aliphatic rings. The minimum Gasteiger partial charge on any atom is -0.452 e. The van der Waals surface area contributed by atoms with Gasteiger partial charge in [0.05, 0.1) is 5.56 Å². The molecule has 5 nitrogen and oxygen atoms in total. The van der Waals surface area contributed by atoms with Crippen LogP contribution >= 0.6 is 11.8 Å². The van der Waals surface area contributed by atoms with Crippen LogP contribution in [0.4, 0.5) is 0 Å². The smallest absolute Gasteiger partial charge is 0.338 e. The van der Waals surface area contributed by atoms with Crippen molar-refractivity contribution in [1.82, 2.24) is 10.3 Å². The number of carbonyl (C=O) groups is 2. The second-order valence-electron chi connectivity index (χ2n) is 4.70. The molecule has 0 atom stereocenters. The van der Waals surface area contributed by atoms with Gasteiger partial charge < -0.3 is 10.1 Å². The van der Waals surface area contributed by atoms with Gasteiger partial charge in [-0.2, -0.15) is 11.8 Å². The maximum Gasteiger partial charge on any atom is 0.338 e. The summed E-state index contributed by atoms with van der Waals surface area (Å²) < 4.78 is 4.93. The zero-order valence-electron chi connectivity index (χ0n) is 12.6. The molecule has 0 spiro atoms. The van der Waals surface area contributed by atoms with E-state index in [0.717, 1.165) is 11.5 Å². The number of rotatable bonds is 8. The summed E-state index contributed by atoms with van der Waals surface area (Å²) in [4.78, 5) is 27.1. The molecule has 0 radical (unpaired) electrons. The summed E-state index contributed by atoms with van der Waals surface area (Å²) in [5.41, 5.74) is 1.64. The minimum absolute atomic E-state index is 0.273. The van der Waals surface area contributed by atoms with E-state index in [2.05, 4.69) is 22.4 Å². The van der Waals surface area contributed by atoms with Gasteiger partial charge >= 0.3 is 5.97 Å². The van der Waals surface area contributed by atoms with Gasteiger partial charge in [-0.15, -0.1) is 0 Å². The third kappa shape index (κ3) is 6.52. The van der Waals surface area contributed by atoms with Gasteiger partial charge in [-0.25, -0.2) is 4.79 Å². The number of amides is 1. The maximum atomic E-state index is 11.6. The van der Waals surface area contributed by atoms with E-state index in [4.69, 9.17) is 4.74 Å². The number of esters is 1. The van der Waals surface area contributed by atoms with Crippen LogP contribution in [0.5, 0.6) is 0 Å². The van der Waals surface area contributed by atoms with E-state index in [9.17, 15) is 9.59 Å². The van der Waals surface area contributed by atoms with E-state index in [-0.39, 0.29) is 12.5 Å². The molecule has 0 aliphatic carbocycles. The third-order valence-electron chi connectivity index (χ3n) is 2.93. The lowest BCUT2D eigenvalue weighted by Crippen LogP contribution is -2.30. The van der Waals surface area contributed by atoms with E-state index in [1.807, 2.05) is 18.2 Å². The first-order valence-electron chi connectivity index (χ1n) is 7.21. The molecule has 0 aliphatic heterocycles. The van der Waals surface area contributed by atoms with Crippen molar-refractivity contribution in [3.05, 3.63) is 66.0 Å². The highest BCUT2D eigenvalue weighted by Gasteiger charge is 2.09. The van der Waals surface area contributed by atoms with Crippen LogP contribution in [0.15, 0.2) is 54.9 Å². The SMILES string of the molecule is O=C(COC(=O)c1ccncc1)NCCSCc1ccccc1. The van der Waals surface area contributed by atoms with Gasteiger partial charge in [0, 0.05) is 30.4 Å². The maximum absolute atomic E-state index is 11.6. The molecular formula is C17H18N2O3S. The normalized spacial score (nSPS) is 10.1. The number of carbonyl (C=O) groups excluding carboxylic acids is 2. The van der Waals surface area contributed by atoms with Crippen LogP contribution in [0.1, 0.15) is 15.9 Å². The highest BCUT2D eigenvalue weighted by Crippen LogP contribution is 2.10. The van der Waals surface area contributed by atoms with Crippen LogP contribution in [0.3, 0.4) is 0 Å². The Morgan fingerprint density at radius 2 is 1.83 bits per heavy atom. The van der Waals surface area contributed by atoms with Crippen molar-refractivity contribution in [1.29, 1.82) is 0 Å². The Morgan fingerprint density at radius 1 is 1.09 bits per heavy atom. The number of ether oxygens (including phenoxy) is 1. The van der Waals surface area contributed by atoms with Crippen LogP contribution in [0.25, 0.3) is 0 Å². The fraction of sp³-hybridized carbons (Fsp3) is 0.235. The fourth-order valence-corrected chi connectivity index (χ4v) is 2.60. The summed E-state index contributed by atoms with van der Waals surface area (Å²) in [5.74, 6) is 0.890. The first-order valence-corrected chi connectivity index (χ1v) is 8.36. The van der Waals surface area contributed by atoms with Crippen LogP contribution in [0.2, 0.25) is 0 Å². The number of aromatic nitrogens is 1. The molecule has 1 N–H and O–H groups in total. The van der Waals surface area contributed by atoms with Crippen LogP contribution in [-0.2, 0) is 15.3 Å². The molecule has 1 amide bonds. The van der Waals surface area contributed by atoms with Gasteiger partial charge in [-0.05, 0) is 17.7 Å². The monoisotopic (exact) mass is 330 g/mol. The summed E-state index contributed by atoms with van der Waals surface area (Å²) in [7, 11) is 0. The number of pyridine rings is 1. The molecule has 2 rings (SSSR count). The summed E-state index contributed by atoms with van der Waals surface area (Å²) in [6.07, 6.45) is 3.00. The summed E-state index contributed by atoms with van der Waals surface area (Å²) >= 11 is 1.74. The minimum atomic E-state index is -0.527. The molecule has 1 heterocycles. The Bertz CT molecular complexity index is 620. The summed E-state index contributed by atoms with van der Waals surface area (Å²) in [6, 6.07) is 13.2. The zero-order chi connectivity index (χ0) is 16.3. The zero-order valence-corrected chi connectivity index (χ0v) is 13.4. The Labute approximate surface area is 139 Å². The van der Waals surface area contributed by atoms with Gasteiger partial charge in [-0.1, -0.05) is 30.3 Å². The van der Waals surface area contributed by atoms with Gasteiger partial charge in [0.15, 0.2) is 6.61 Å². The molecule has 0 saturated carbocycles. The second-order valence-corrected chi connectivity index (χ2v) is 5.81. The van der Waals surface area contributed by atoms with Gasteiger partial charge in [-0.3, -0.25) is 9.78 Å². The summed E-state index contributed by atoms with van der Waals surface area (Å²) in [6.45, 7) is 0.271. The Morgan fingerprint density at radius 3 is 2.57 bits per heavy atom. The number of hydrogen-bond acceptors (Lipinski definition) is 5. The average Bonchev–Trinajstić information content (AvgIpc) is 2.61. The van der Waals surface area contributed by atoms with Crippen LogP contribution in [0, 0.1) is 0 Å². The average molecular weight is 330 g/mol. The van der Waals surface area contributed by atoms with Crippen LogP contribution in [-0.4, -0.2) is 35.8 Å². The molecule has 0 unspecified atom stereocenters. The molecule has 0 saturated heterocycles. The molecule has 1 aromatic heterocycles. The molecule has 23 heavy (non-hydrogen) atoms. The second kappa shape index (κ2) is 9.63. The fourth-order valence-electron chi connectivity index (χ4n) is 1.78. The largest absolute Gasteiger partial charge is 0.452 e. The lowest BCUT2D eigenvalue weighted by molar-refractivity contribution is -0.124. The van der Waals surface area contributed by atoms with Crippen molar-refractivity contribution >= 4 is 23.6 Å². The van der Waals surface area contributed by atoms with Crippen molar-refractivity contribution in [3.8, 4) is 0 Å². The van der Waals surface area contributed by atoms with E-state index in [1.54, 1.807) is 23.9 Å². The molecule has 0 bridgehead atoms. The van der Waals surface area contributed by atoms with Gasteiger partial charge in [0.25, 0.3) is 5.91 Å². The number of hydrogen-bond donors (Lipinski definition) is 1. The number of nitrogens with one attached hydrogen (secondary N) is 1. The van der Waals surface area contributed by atoms with E-state index in [0.29, 0.717) is 12.1 Å². The third-order valence-corrected chi connectivity index (χ3v) is 3.96. The standard InChI is InChI=1S/C17H18N2O3S/c20-16(12-22-17(21)15-6-8-18-9-7-15)19-10-11-23-13-14-4-2-1-3-5-14/h1-9H,10-13H2,(H,19,20). The van der Waals surface area contributed by atoms with E-state index in [1.165, 1.54) is 18.0 Å². The van der Waals surface area contributed by atoms with Crippen molar-refractivity contribution in [2.24, 2.45) is 0 Å². The lowest BCUT2D eigenvalue weighted by Gasteiger charge is -2.06. The molecule has 2 aromatic rings. The Balaban J connectivity index is 1.56. The first kappa shape index (κ1) is 17.0. The Hall–Kier alpha value is -2.34. The molecule has 120 valence electrons. The van der Waals surface area contributed by atoms with E-state index >= 15 is 0 Å².